The van der Waals surface area contributed by atoms with Crippen molar-refractivity contribution in [3.63, 3.8) is 0 Å². The molecular formula is C10H7FO4. The Labute approximate surface area is 83.5 Å². The lowest BCUT2D eigenvalue weighted by molar-refractivity contribution is 0.386. The van der Waals surface area contributed by atoms with Gasteiger partial charge in [-0.15, -0.1) is 0 Å². The van der Waals surface area contributed by atoms with Crippen molar-refractivity contribution in [2.75, 3.05) is 7.11 Å². The van der Waals surface area contributed by atoms with Gasteiger partial charge >= 0.3 is 5.63 Å². The zero-order valence-corrected chi connectivity index (χ0v) is 7.78. The summed E-state index contributed by atoms with van der Waals surface area (Å²) in [6, 6.07) is 3.18. The zero-order valence-electron chi connectivity index (χ0n) is 7.78. The molecule has 0 amide bonds. The van der Waals surface area contributed by atoms with E-state index in [0.29, 0.717) is 0 Å². The van der Waals surface area contributed by atoms with Crippen LogP contribution in [-0.4, -0.2) is 12.2 Å². The van der Waals surface area contributed by atoms with Crippen molar-refractivity contribution in [1.82, 2.24) is 0 Å². The predicted molar refractivity (Wildman–Crippen MR) is 50.7 cm³/mol. The lowest BCUT2D eigenvalue weighted by Crippen LogP contribution is -1.96. The fourth-order valence-electron chi connectivity index (χ4n) is 1.30. The van der Waals surface area contributed by atoms with Crippen molar-refractivity contribution in [3.8, 4) is 11.5 Å². The molecule has 0 radical (unpaired) electrons. The van der Waals surface area contributed by atoms with E-state index in [4.69, 9.17) is 9.15 Å². The number of benzene rings is 1. The molecule has 2 aromatic rings. The molecular weight excluding hydrogens is 203 g/mol. The standard InChI is InChI=1S/C10H7FO4/c1-14-9-2-5-7(12)4-10(13)15-8(5)3-6(9)11/h2-4,12H,1H3. The van der Waals surface area contributed by atoms with E-state index >= 15 is 0 Å². The van der Waals surface area contributed by atoms with E-state index in [2.05, 4.69) is 0 Å². The van der Waals surface area contributed by atoms with Crippen molar-refractivity contribution >= 4 is 11.0 Å². The summed E-state index contributed by atoms with van der Waals surface area (Å²) in [7, 11) is 1.31. The van der Waals surface area contributed by atoms with Gasteiger partial charge in [0.2, 0.25) is 0 Å². The van der Waals surface area contributed by atoms with Crippen LogP contribution in [0.1, 0.15) is 0 Å². The lowest BCUT2D eigenvalue weighted by atomic mass is 10.2. The van der Waals surface area contributed by atoms with Crippen LogP contribution in [0.25, 0.3) is 11.0 Å². The summed E-state index contributed by atoms with van der Waals surface area (Å²) in [5, 5.41) is 9.65. The highest BCUT2D eigenvalue weighted by Gasteiger charge is 2.10. The van der Waals surface area contributed by atoms with Crippen LogP contribution in [-0.2, 0) is 0 Å². The van der Waals surface area contributed by atoms with Crippen LogP contribution in [0.2, 0.25) is 0 Å². The highest BCUT2D eigenvalue weighted by Crippen LogP contribution is 2.28. The Morgan fingerprint density at radius 2 is 2.13 bits per heavy atom. The number of ether oxygens (including phenoxy) is 1. The number of hydrogen-bond donors (Lipinski definition) is 1. The highest BCUT2D eigenvalue weighted by molar-refractivity contribution is 5.84. The number of halogens is 1. The monoisotopic (exact) mass is 210 g/mol. The van der Waals surface area contributed by atoms with Gasteiger partial charge in [0.1, 0.15) is 11.3 Å². The van der Waals surface area contributed by atoms with Crippen LogP contribution < -0.4 is 10.4 Å². The summed E-state index contributed by atoms with van der Waals surface area (Å²) in [5.41, 5.74) is -0.747. The lowest BCUT2D eigenvalue weighted by Gasteiger charge is -2.04. The maximum Gasteiger partial charge on any atom is 0.339 e. The van der Waals surface area contributed by atoms with Gasteiger partial charge in [-0.05, 0) is 6.07 Å². The molecule has 0 saturated carbocycles. The summed E-state index contributed by atoms with van der Waals surface area (Å²) >= 11 is 0. The Morgan fingerprint density at radius 3 is 2.80 bits per heavy atom. The van der Waals surface area contributed by atoms with Gasteiger partial charge in [-0.1, -0.05) is 0 Å². The third-order valence-electron chi connectivity index (χ3n) is 2.00. The minimum Gasteiger partial charge on any atom is -0.507 e. The van der Waals surface area contributed by atoms with E-state index in [9.17, 15) is 14.3 Å². The van der Waals surface area contributed by atoms with Gasteiger partial charge in [-0.25, -0.2) is 9.18 Å². The molecule has 1 aromatic carbocycles. The molecule has 1 heterocycles. The third-order valence-corrected chi connectivity index (χ3v) is 2.00. The van der Waals surface area contributed by atoms with Crippen molar-refractivity contribution in [1.29, 1.82) is 0 Å². The van der Waals surface area contributed by atoms with Crippen LogP contribution in [0.4, 0.5) is 4.39 Å². The van der Waals surface area contributed by atoms with Gasteiger partial charge in [0.05, 0.1) is 18.6 Å². The van der Waals surface area contributed by atoms with Crippen molar-refractivity contribution in [3.05, 3.63) is 34.4 Å². The zero-order chi connectivity index (χ0) is 11.0. The summed E-state index contributed by atoms with van der Waals surface area (Å²) < 4.78 is 22.7. The Morgan fingerprint density at radius 1 is 1.40 bits per heavy atom. The molecule has 0 unspecified atom stereocenters. The number of methoxy groups -OCH3 is 1. The molecule has 4 nitrogen and oxygen atoms in total. The molecule has 15 heavy (non-hydrogen) atoms. The van der Waals surface area contributed by atoms with E-state index < -0.39 is 11.4 Å². The maximum absolute atomic E-state index is 13.2. The van der Waals surface area contributed by atoms with Crippen LogP contribution in [0.3, 0.4) is 0 Å². The largest absolute Gasteiger partial charge is 0.507 e. The van der Waals surface area contributed by atoms with Crippen molar-refractivity contribution in [2.24, 2.45) is 0 Å². The van der Waals surface area contributed by atoms with Gasteiger partial charge in [-0.3, -0.25) is 0 Å². The molecule has 1 N–H and O–H groups in total. The van der Waals surface area contributed by atoms with Crippen LogP contribution >= 0.6 is 0 Å². The van der Waals surface area contributed by atoms with E-state index in [1.807, 2.05) is 0 Å². The predicted octanol–water partition coefficient (Wildman–Crippen LogP) is 1.65. The van der Waals surface area contributed by atoms with E-state index in [1.54, 1.807) is 0 Å². The topological polar surface area (TPSA) is 59.7 Å². The normalized spacial score (nSPS) is 10.5. The first kappa shape index (κ1) is 9.51. The Balaban J connectivity index is 2.87. The highest BCUT2D eigenvalue weighted by atomic mass is 19.1. The summed E-state index contributed by atoms with van der Waals surface area (Å²) in [6.07, 6.45) is 0. The first-order valence-electron chi connectivity index (χ1n) is 4.12. The first-order chi connectivity index (χ1) is 7.11. The third kappa shape index (κ3) is 1.52. The molecule has 0 bridgehead atoms. The smallest absolute Gasteiger partial charge is 0.339 e. The number of fused-ring (bicyclic) bond motifs is 1. The molecule has 5 heteroatoms. The molecule has 78 valence electrons. The SMILES string of the molecule is COc1cc2c(O)cc(=O)oc2cc1F. The van der Waals surface area contributed by atoms with E-state index in [1.165, 1.54) is 13.2 Å². The second-order valence-corrected chi connectivity index (χ2v) is 2.93. The van der Waals surface area contributed by atoms with Gasteiger partial charge in [-0.2, -0.15) is 0 Å². The van der Waals surface area contributed by atoms with Gasteiger partial charge in [0.15, 0.2) is 11.6 Å². The summed E-state index contributed by atoms with van der Waals surface area (Å²) in [4.78, 5) is 10.9. The molecule has 1 aromatic heterocycles. The van der Waals surface area contributed by atoms with Crippen LogP contribution in [0, 0.1) is 5.82 Å². The maximum atomic E-state index is 13.2. The average molecular weight is 210 g/mol. The van der Waals surface area contributed by atoms with Gasteiger partial charge < -0.3 is 14.3 Å². The minimum atomic E-state index is -0.732. The Bertz CT molecular complexity index is 573. The van der Waals surface area contributed by atoms with Crippen molar-refractivity contribution in [2.45, 2.75) is 0 Å². The molecule has 0 fully saturated rings. The van der Waals surface area contributed by atoms with Crippen LogP contribution in [0.15, 0.2) is 27.4 Å². The van der Waals surface area contributed by atoms with Crippen LogP contribution in [0.5, 0.6) is 11.5 Å². The fourth-order valence-corrected chi connectivity index (χ4v) is 1.30. The quantitative estimate of drug-likeness (QED) is 0.727. The second-order valence-electron chi connectivity index (χ2n) is 2.93. The Hall–Kier alpha value is -2.04. The molecule has 0 spiro atoms. The summed E-state index contributed by atoms with van der Waals surface area (Å²) in [6.45, 7) is 0. The Kier molecular flexibility index (Phi) is 2.07. The number of hydrogen-bond acceptors (Lipinski definition) is 4. The van der Waals surface area contributed by atoms with Gasteiger partial charge in [0, 0.05) is 6.07 Å². The first-order valence-corrected chi connectivity index (χ1v) is 4.12. The molecule has 0 aliphatic carbocycles. The minimum absolute atomic E-state index is 0.0155. The molecule has 2 rings (SSSR count). The average Bonchev–Trinajstić information content (AvgIpc) is 2.16. The molecule has 0 saturated heterocycles. The number of aromatic hydroxyl groups is 1. The summed E-state index contributed by atoms with van der Waals surface area (Å²) in [5.74, 6) is -0.940. The van der Waals surface area contributed by atoms with E-state index in [-0.39, 0.29) is 22.5 Å². The van der Waals surface area contributed by atoms with Gasteiger partial charge in [0.25, 0.3) is 0 Å². The molecule has 0 aliphatic rings. The number of rotatable bonds is 1. The van der Waals surface area contributed by atoms with Crippen molar-refractivity contribution < 1.29 is 18.7 Å². The molecule has 0 aliphatic heterocycles. The second kappa shape index (κ2) is 3.27. The molecule has 0 atom stereocenters. The van der Waals surface area contributed by atoms with E-state index in [0.717, 1.165) is 12.1 Å². The fraction of sp³-hybridized carbons (Fsp3) is 0.100.